The highest BCUT2D eigenvalue weighted by Gasteiger charge is 2.32. The second-order valence-corrected chi connectivity index (χ2v) is 4.06. The number of hydrogen-bond acceptors (Lipinski definition) is 2. The monoisotopic (exact) mass is 333 g/mol. The molecule has 0 saturated heterocycles. The van der Waals surface area contributed by atoms with Crippen LogP contribution < -0.4 is 10.5 Å². The number of halogens is 5. The van der Waals surface area contributed by atoms with E-state index in [2.05, 4.69) is 36.6 Å². The van der Waals surface area contributed by atoms with Gasteiger partial charge in [-0.3, -0.25) is 0 Å². The second kappa shape index (κ2) is 3.98. The summed E-state index contributed by atoms with van der Waals surface area (Å²) in [5.74, 6) is -0.363. The topological polar surface area (TPSA) is 35.2 Å². The van der Waals surface area contributed by atoms with Crippen molar-refractivity contribution in [3.63, 3.8) is 0 Å². The second-order valence-electron chi connectivity index (χ2n) is 2.35. The van der Waals surface area contributed by atoms with Gasteiger partial charge in [-0.2, -0.15) is 0 Å². The number of hydrogen-bond donors (Lipinski definition) is 1. The van der Waals surface area contributed by atoms with Crippen molar-refractivity contribution in [2.45, 2.75) is 6.36 Å². The van der Waals surface area contributed by atoms with Gasteiger partial charge in [0.1, 0.15) is 5.75 Å². The van der Waals surface area contributed by atoms with Crippen molar-refractivity contribution >= 4 is 37.5 Å². The fourth-order valence-electron chi connectivity index (χ4n) is 0.748. The van der Waals surface area contributed by atoms with Gasteiger partial charge in [-0.1, -0.05) is 0 Å². The van der Waals surface area contributed by atoms with Crippen molar-refractivity contribution in [1.82, 2.24) is 0 Å². The molecule has 0 aromatic heterocycles. The first-order valence-electron chi connectivity index (χ1n) is 3.30. The van der Waals surface area contributed by atoms with Gasteiger partial charge in [0.2, 0.25) is 0 Å². The quantitative estimate of drug-likeness (QED) is 0.795. The van der Waals surface area contributed by atoms with E-state index in [9.17, 15) is 13.2 Å². The normalized spacial score (nSPS) is 11.5. The molecular formula is C7H4Br2F3NO. The number of alkyl halides is 3. The third kappa shape index (κ3) is 3.06. The van der Waals surface area contributed by atoms with Crippen LogP contribution in [0.5, 0.6) is 5.75 Å². The first-order chi connectivity index (χ1) is 6.29. The summed E-state index contributed by atoms with van der Waals surface area (Å²) in [6.07, 6.45) is -4.72. The van der Waals surface area contributed by atoms with Gasteiger partial charge in [-0.15, -0.1) is 13.2 Å². The molecule has 1 aromatic carbocycles. The van der Waals surface area contributed by atoms with Crippen LogP contribution in [-0.4, -0.2) is 6.36 Å². The molecule has 0 unspecified atom stereocenters. The Balaban J connectivity index is 3.04. The van der Waals surface area contributed by atoms with E-state index in [1.54, 1.807) is 0 Å². The lowest BCUT2D eigenvalue weighted by atomic mass is 10.3. The maximum absolute atomic E-state index is 11.9. The number of benzene rings is 1. The molecule has 0 aliphatic heterocycles. The van der Waals surface area contributed by atoms with Crippen LogP contribution in [0.4, 0.5) is 18.9 Å². The van der Waals surface area contributed by atoms with Crippen molar-refractivity contribution in [3.05, 3.63) is 21.1 Å². The predicted octanol–water partition coefficient (Wildman–Crippen LogP) is 3.69. The van der Waals surface area contributed by atoms with E-state index in [0.29, 0.717) is 4.47 Å². The Hall–Kier alpha value is -0.430. The Morgan fingerprint density at radius 1 is 1.14 bits per heavy atom. The first-order valence-corrected chi connectivity index (χ1v) is 4.88. The van der Waals surface area contributed by atoms with Gasteiger partial charge in [0, 0.05) is 16.2 Å². The van der Waals surface area contributed by atoms with E-state index >= 15 is 0 Å². The van der Waals surface area contributed by atoms with E-state index in [0.717, 1.165) is 6.07 Å². The zero-order valence-corrected chi connectivity index (χ0v) is 9.70. The Kier molecular flexibility index (Phi) is 3.31. The Bertz CT molecular complexity index is 354. The van der Waals surface area contributed by atoms with Crippen molar-refractivity contribution < 1.29 is 17.9 Å². The lowest BCUT2D eigenvalue weighted by molar-refractivity contribution is -0.274. The molecular weight excluding hydrogens is 331 g/mol. The summed E-state index contributed by atoms with van der Waals surface area (Å²) in [6.45, 7) is 0. The van der Waals surface area contributed by atoms with Crippen molar-refractivity contribution in [1.29, 1.82) is 0 Å². The summed E-state index contributed by atoms with van der Waals surface area (Å²) in [5, 5.41) is 0. The van der Waals surface area contributed by atoms with Crippen LogP contribution in [0.3, 0.4) is 0 Å². The molecule has 14 heavy (non-hydrogen) atoms. The largest absolute Gasteiger partial charge is 0.573 e. The van der Waals surface area contributed by atoms with Gasteiger partial charge in [0.15, 0.2) is 0 Å². The van der Waals surface area contributed by atoms with Gasteiger partial charge < -0.3 is 10.5 Å². The zero-order valence-electron chi connectivity index (χ0n) is 6.53. The summed E-state index contributed by atoms with van der Waals surface area (Å²) in [4.78, 5) is 0. The maximum Gasteiger partial charge on any atom is 0.573 e. The molecule has 78 valence electrons. The molecule has 2 N–H and O–H groups in total. The van der Waals surface area contributed by atoms with Crippen LogP contribution in [0.25, 0.3) is 0 Å². The average molecular weight is 335 g/mol. The number of nitrogens with two attached hydrogens (primary N) is 1. The molecule has 0 fully saturated rings. The zero-order chi connectivity index (χ0) is 10.9. The SMILES string of the molecule is Nc1cc(OC(F)(F)F)c(Br)cc1Br. The van der Waals surface area contributed by atoms with E-state index in [1.165, 1.54) is 6.07 Å². The molecule has 0 spiro atoms. The molecule has 0 aliphatic carbocycles. The minimum absolute atomic E-state index is 0.174. The van der Waals surface area contributed by atoms with Gasteiger partial charge in [0.25, 0.3) is 0 Å². The van der Waals surface area contributed by atoms with Crippen LogP contribution in [0.15, 0.2) is 21.1 Å². The summed E-state index contributed by atoms with van der Waals surface area (Å²) >= 11 is 5.99. The van der Waals surface area contributed by atoms with Crippen molar-refractivity contribution in [3.8, 4) is 5.75 Å². The number of anilines is 1. The van der Waals surface area contributed by atoms with Gasteiger partial charge in [-0.05, 0) is 37.9 Å². The van der Waals surface area contributed by atoms with Crippen LogP contribution in [0.1, 0.15) is 0 Å². The standard InChI is InChI=1S/C7H4Br2F3NO/c8-3-1-4(9)6(2-5(3)13)14-7(10,11)12/h1-2H,13H2. The van der Waals surface area contributed by atoms with Crippen LogP contribution in [0, 0.1) is 0 Å². The molecule has 0 atom stereocenters. The molecule has 1 aromatic rings. The fraction of sp³-hybridized carbons (Fsp3) is 0.143. The third-order valence-corrected chi connectivity index (χ3v) is 2.58. The maximum atomic E-state index is 11.9. The predicted molar refractivity (Wildman–Crippen MR) is 52.9 cm³/mol. The van der Waals surface area contributed by atoms with E-state index < -0.39 is 6.36 Å². The lowest BCUT2D eigenvalue weighted by Crippen LogP contribution is -2.17. The molecule has 2 nitrogen and oxygen atoms in total. The Labute approximate surface area is 94.5 Å². The highest BCUT2D eigenvalue weighted by Crippen LogP contribution is 2.35. The van der Waals surface area contributed by atoms with Crippen molar-refractivity contribution in [2.75, 3.05) is 5.73 Å². The number of ether oxygens (including phenoxy) is 1. The molecule has 0 radical (unpaired) electrons. The Morgan fingerprint density at radius 2 is 1.71 bits per heavy atom. The first kappa shape index (κ1) is 11.6. The van der Waals surface area contributed by atoms with Gasteiger partial charge in [-0.25, -0.2) is 0 Å². The summed E-state index contributed by atoms with van der Waals surface area (Å²) in [5.41, 5.74) is 5.57. The molecule has 7 heteroatoms. The highest BCUT2D eigenvalue weighted by molar-refractivity contribution is 9.11. The molecule has 0 heterocycles. The summed E-state index contributed by atoms with van der Waals surface area (Å²) in [7, 11) is 0. The van der Waals surface area contributed by atoms with Gasteiger partial charge >= 0.3 is 6.36 Å². The van der Waals surface area contributed by atoms with E-state index in [4.69, 9.17) is 5.73 Å². The Morgan fingerprint density at radius 3 is 2.21 bits per heavy atom. The third-order valence-electron chi connectivity index (χ3n) is 1.28. The van der Waals surface area contributed by atoms with Gasteiger partial charge in [0.05, 0.1) is 4.47 Å². The summed E-state index contributed by atoms with van der Waals surface area (Å²) in [6, 6.07) is 2.47. The number of nitrogen functional groups attached to an aromatic ring is 1. The fourth-order valence-corrected chi connectivity index (χ4v) is 1.82. The molecule has 1 rings (SSSR count). The van der Waals surface area contributed by atoms with Crippen LogP contribution >= 0.6 is 31.9 Å². The molecule has 0 bridgehead atoms. The van der Waals surface area contributed by atoms with Crippen LogP contribution in [-0.2, 0) is 0 Å². The van der Waals surface area contributed by atoms with Crippen LogP contribution in [0.2, 0.25) is 0 Å². The minimum Gasteiger partial charge on any atom is -0.405 e. The smallest absolute Gasteiger partial charge is 0.405 e. The molecule has 0 aliphatic rings. The molecule has 0 amide bonds. The lowest BCUT2D eigenvalue weighted by Gasteiger charge is -2.11. The molecule has 0 saturated carbocycles. The van der Waals surface area contributed by atoms with E-state index in [1.807, 2.05) is 0 Å². The highest BCUT2D eigenvalue weighted by atomic mass is 79.9. The summed E-state index contributed by atoms with van der Waals surface area (Å²) < 4.78 is 40.0. The number of rotatable bonds is 1. The minimum atomic E-state index is -4.72. The van der Waals surface area contributed by atoms with E-state index in [-0.39, 0.29) is 15.9 Å². The average Bonchev–Trinajstić information content (AvgIpc) is 1.97. The van der Waals surface area contributed by atoms with Crippen molar-refractivity contribution in [2.24, 2.45) is 0 Å².